The van der Waals surface area contributed by atoms with Gasteiger partial charge in [0.05, 0.1) is 6.10 Å². The van der Waals surface area contributed by atoms with E-state index in [0.29, 0.717) is 0 Å². The van der Waals surface area contributed by atoms with Crippen LogP contribution in [0.15, 0.2) is 30.3 Å². The van der Waals surface area contributed by atoms with E-state index in [1.54, 1.807) is 65.8 Å². The van der Waals surface area contributed by atoms with Crippen LogP contribution in [0.4, 0.5) is 4.79 Å². The Balaban J connectivity index is 3.07. The molecule has 0 aliphatic rings. The van der Waals surface area contributed by atoms with Crippen LogP contribution in [0.3, 0.4) is 0 Å². The van der Waals surface area contributed by atoms with Crippen molar-refractivity contribution in [2.75, 3.05) is 6.54 Å². The third kappa shape index (κ3) is 18.2. The molecule has 48 heavy (non-hydrogen) atoms. The predicted molar refractivity (Wildman–Crippen MR) is 176 cm³/mol. The molecule has 15 heteroatoms. The maximum atomic E-state index is 13.5. The number of hydrazine groups is 1. The number of hydrogen-bond acceptors (Lipinski definition) is 11. The Kier molecular flexibility index (Phi) is 17.0. The number of carbonyl (C=O) groups excluding carboxylic acids is 6. The highest BCUT2D eigenvalue weighted by atomic mass is 16.6. The summed E-state index contributed by atoms with van der Waals surface area (Å²) in [7, 11) is 0. The van der Waals surface area contributed by atoms with Crippen molar-refractivity contribution in [3.8, 4) is 0 Å². The molecule has 4 amide bonds. The monoisotopic (exact) mass is 679 g/mol. The average molecular weight is 680 g/mol. The van der Waals surface area contributed by atoms with Gasteiger partial charge in [-0.25, -0.2) is 10.2 Å². The molecule has 0 aliphatic heterocycles. The summed E-state index contributed by atoms with van der Waals surface area (Å²) in [5.74, 6) is -3.86. The molecular formula is C33H53N5O10. The Hall–Kier alpha value is -4.24. The maximum absolute atomic E-state index is 13.5. The third-order valence-corrected chi connectivity index (χ3v) is 6.15. The zero-order chi connectivity index (χ0) is 36.7. The van der Waals surface area contributed by atoms with Gasteiger partial charge >= 0.3 is 18.0 Å². The molecule has 0 aromatic heterocycles. The Morgan fingerprint density at radius 3 is 1.85 bits per heavy atom. The molecule has 6 N–H and O–H groups in total. The van der Waals surface area contributed by atoms with Crippen molar-refractivity contribution in [3.63, 3.8) is 0 Å². The van der Waals surface area contributed by atoms with Gasteiger partial charge in [0.25, 0.3) is 5.91 Å². The van der Waals surface area contributed by atoms with Crippen LogP contribution in [0.2, 0.25) is 0 Å². The third-order valence-electron chi connectivity index (χ3n) is 6.15. The molecule has 15 nitrogen and oxygen atoms in total. The highest BCUT2D eigenvalue weighted by Gasteiger charge is 2.33. The largest absolute Gasteiger partial charge is 0.460 e. The van der Waals surface area contributed by atoms with Crippen molar-refractivity contribution >= 4 is 35.8 Å². The molecule has 0 saturated carbocycles. The van der Waals surface area contributed by atoms with E-state index in [9.17, 15) is 33.9 Å². The van der Waals surface area contributed by atoms with Gasteiger partial charge in [-0.05, 0) is 72.8 Å². The smallest absolute Gasteiger partial charge is 0.408 e. The lowest BCUT2D eigenvalue weighted by Gasteiger charge is -2.27. The molecule has 1 aromatic carbocycles. The van der Waals surface area contributed by atoms with Crippen LogP contribution in [-0.4, -0.2) is 82.8 Å². The van der Waals surface area contributed by atoms with E-state index >= 15 is 0 Å². The zero-order valence-electron chi connectivity index (χ0n) is 29.4. The zero-order valence-corrected chi connectivity index (χ0v) is 29.4. The van der Waals surface area contributed by atoms with Crippen LogP contribution >= 0.6 is 0 Å². The molecule has 0 heterocycles. The number of nitrogens with one attached hydrogen (secondary N) is 5. The summed E-state index contributed by atoms with van der Waals surface area (Å²) in [6.45, 7) is 14.6. The standard InChI is InChI=1S/C33H53N5O10/c1-20(2)17-24(36-31(45)46-19-22-13-11-10-12-14-22)29(43)35-23(15-16-25(40)47-32(4,5)6)28(42)37-27(21(3)39)30(44)38-34-18-26(41)48-33(7,8)9/h10-14,20-21,23-24,27,34,39H,15-19H2,1-9H3,(H,35,43)(H,36,45)(H,37,42)(H,38,44)/t21-,23+,24+,27+/m1/s1. The number of aliphatic hydroxyl groups is 1. The molecule has 0 fully saturated rings. The van der Waals surface area contributed by atoms with Crippen molar-refractivity contribution < 1.29 is 48.1 Å². The fourth-order valence-electron chi connectivity index (χ4n) is 4.12. The van der Waals surface area contributed by atoms with E-state index in [1.807, 2.05) is 19.9 Å². The summed E-state index contributed by atoms with van der Waals surface area (Å²) in [5, 5.41) is 17.8. The summed E-state index contributed by atoms with van der Waals surface area (Å²) in [5.41, 5.74) is 3.83. The number of amides is 4. The van der Waals surface area contributed by atoms with Gasteiger partial charge in [-0.15, -0.1) is 0 Å². The number of alkyl carbamates (subject to hydrolysis) is 1. The lowest BCUT2D eigenvalue weighted by molar-refractivity contribution is -0.156. The lowest BCUT2D eigenvalue weighted by atomic mass is 10.0. The molecule has 0 unspecified atom stereocenters. The van der Waals surface area contributed by atoms with Crippen LogP contribution in [0.1, 0.15) is 87.1 Å². The van der Waals surface area contributed by atoms with Crippen LogP contribution in [0.5, 0.6) is 0 Å². The summed E-state index contributed by atoms with van der Waals surface area (Å²) >= 11 is 0. The van der Waals surface area contributed by atoms with E-state index < -0.39 is 77.7 Å². The van der Waals surface area contributed by atoms with E-state index in [1.165, 1.54) is 6.92 Å². The van der Waals surface area contributed by atoms with Crippen molar-refractivity contribution in [1.82, 2.24) is 26.8 Å². The predicted octanol–water partition coefficient (Wildman–Crippen LogP) is 1.76. The number of aliphatic hydroxyl groups excluding tert-OH is 1. The second-order valence-electron chi connectivity index (χ2n) is 13.7. The fourth-order valence-corrected chi connectivity index (χ4v) is 4.12. The van der Waals surface area contributed by atoms with Gasteiger partial charge in [0.1, 0.15) is 42.5 Å². The Labute approximate surface area is 282 Å². The quantitative estimate of drug-likeness (QED) is 0.0794. The van der Waals surface area contributed by atoms with E-state index in [4.69, 9.17) is 14.2 Å². The van der Waals surface area contributed by atoms with Crippen molar-refractivity contribution in [2.45, 2.75) is 124 Å². The van der Waals surface area contributed by atoms with Crippen molar-refractivity contribution in [3.05, 3.63) is 35.9 Å². The van der Waals surface area contributed by atoms with Crippen LogP contribution < -0.4 is 26.8 Å². The van der Waals surface area contributed by atoms with Crippen LogP contribution in [0.25, 0.3) is 0 Å². The summed E-state index contributed by atoms with van der Waals surface area (Å²) in [6, 6.07) is 4.93. The molecule has 0 saturated heterocycles. The normalized spacial score (nSPS) is 14.1. The number of ether oxygens (including phenoxy) is 3. The molecule has 0 aliphatic carbocycles. The molecule has 0 bridgehead atoms. The van der Waals surface area contributed by atoms with E-state index in [2.05, 4.69) is 26.8 Å². The van der Waals surface area contributed by atoms with Gasteiger partial charge in [0.15, 0.2) is 0 Å². The highest BCUT2D eigenvalue weighted by Crippen LogP contribution is 2.12. The van der Waals surface area contributed by atoms with Gasteiger partial charge < -0.3 is 35.3 Å². The first-order valence-corrected chi connectivity index (χ1v) is 15.9. The highest BCUT2D eigenvalue weighted by molar-refractivity contribution is 5.94. The first-order chi connectivity index (χ1) is 22.2. The first kappa shape index (κ1) is 41.8. The van der Waals surface area contributed by atoms with Crippen molar-refractivity contribution in [1.29, 1.82) is 0 Å². The number of benzene rings is 1. The molecule has 4 atom stereocenters. The fraction of sp³-hybridized carbons (Fsp3) is 0.636. The van der Waals surface area contributed by atoms with Gasteiger partial charge in [-0.3, -0.25) is 29.4 Å². The Bertz CT molecular complexity index is 1230. The van der Waals surface area contributed by atoms with Crippen LogP contribution in [0, 0.1) is 5.92 Å². The molecule has 0 radical (unpaired) electrons. The Morgan fingerprint density at radius 2 is 1.31 bits per heavy atom. The minimum absolute atomic E-state index is 0.0287. The summed E-state index contributed by atoms with van der Waals surface area (Å²) in [4.78, 5) is 76.9. The number of carbonyl (C=O) groups is 6. The first-order valence-electron chi connectivity index (χ1n) is 15.9. The van der Waals surface area contributed by atoms with Gasteiger partial charge in [-0.1, -0.05) is 44.2 Å². The number of rotatable bonds is 17. The number of hydrogen-bond donors (Lipinski definition) is 6. The second-order valence-corrected chi connectivity index (χ2v) is 13.7. The summed E-state index contributed by atoms with van der Waals surface area (Å²) < 4.78 is 15.8. The van der Waals surface area contributed by atoms with E-state index in [-0.39, 0.29) is 31.8 Å². The molecule has 1 rings (SSSR count). The summed E-state index contributed by atoms with van der Waals surface area (Å²) in [6.07, 6.45) is -2.58. The van der Waals surface area contributed by atoms with Crippen molar-refractivity contribution in [2.24, 2.45) is 5.92 Å². The number of esters is 2. The minimum Gasteiger partial charge on any atom is -0.460 e. The molecular weight excluding hydrogens is 626 g/mol. The van der Waals surface area contributed by atoms with E-state index in [0.717, 1.165) is 5.56 Å². The maximum Gasteiger partial charge on any atom is 0.408 e. The second kappa shape index (κ2) is 19.5. The van der Waals surface area contributed by atoms with Gasteiger partial charge in [0.2, 0.25) is 11.8 Å². The molecule has 1 aromatic rings. The topological polar surface area (TPSA) is 210 Å². The SMILES string of the molecule is CC(C)C[C@H](NC(=O)OCc1ccccc1)C(=O)N[C@@H](CCC(=O)OC(C)(C)C)C(=O)N[C@H](C(=O)NNCC(=O)OC(C)(C)C)[C@@H](C)O. The lowest BCUT2D eigenvalue weighted by Crippen LogP contribution is -2.60. The molecule has 0 spiro atoms. The van der Waals surface area contributed by atoms with Gasteiger partial charge in [0, 0.05) is 6.42 Å². The average Bonchev–Trinajstić information content (AvgIpc) is 2.94. The molecule has 270 valence electrons. The van der Waals surface area contributed by atoms with Gasteiger partial charge in [-0.2, -0.15) is 0 Å². The van der Waals surface area contributed by atoms with Crippen LogP contribution in [-0.2, 0) is 44.8 Å². The Morgan fingerprint density at radius 1 is 0.750 bits per heavy atom. The minimum atomic E-state index is -1.53.